The molecule has 11 heteroatoms. The van der Waals surface area contributed by atoms with Crippen molar-refractivity contribution in [2.45, 2.75) is 206 Å². The zero-order valence-electron chi connectivity index (χ0n) is 35.9. The van der Waals surface area contributed by atoms with Crippen LogP contribution in [0.5, 0.6) is 0 Å². The molecule has 0 fully saturated rings. The van der Waals surface area contributed by atoms with E-state index < -0.39 is 58.3 Å². The summed E-state index contributed by atoms with van der Waals surface area (Å²) >= 11 is 0. The van der Waals surface area contributed by atoms with Gasteiger partial charge in [-0.3, -0.25) is 18.6 Å². The van der Waals surface area contributed by atoms with Crippen molar-refractivity contribution >= 4 is 19.8 Å². The molecular weight excluding hydrogens is 647 g/mol. The molecule has 0 rings (SSSR count). The van der Waals surface area contributed by atoms with E-state index in [4.69, 9.17) is 20.9 Å². The molecule has 49 heavy (non-hydrogen) atoms. The van der Waals surface area contributed by atoms with Crippen LogP contribution in [0.1, 0.15) is 200 Å². The van der Waals surface area contributed by atoms with Gasteiger partial charge in [0.1, 0.15) is 12.7 Å². The lowest BCUT2D eigenvalue weighted by molar-refractivity contribution is -0.161. The third kappa shape index (κ3) is 35.2. The van der Waals surface area contributed by atoms with Crippen molar-refractivity contribution < 1.29 is 54.6 Å². The first kappa shape index (κ1) is 39.2. The SMILES string of the molecule is [2H]C([2H])(O)C([2H])(O)C([2H])([2H])OP(=O)(O)OCC(COC(=O)CCCCCCCCCCCCCCC)OC(=O)CCCCCCCCCCCCCCC. The highest BCUT2D eigenvalue weighted by atomic mass is 31.2. The topological polar surface area (TPSA) is 149 Å². The summed E-state index contributed by atoms with van der Waals surface area (Å²) in [7, 11) is -5.48. The van der Waals surface area contributed by atoms with E-state index in [1.165, 1.54) is 109 Å². The molecule has 0 aromatic rings. The Morgan fingerprint density at radius 2 is 0.980 bits per heavy atom. The van der Waals surface area contributed by atoms with Gasteiger partial charge in [-0.15, -0.1) is 0 Å². The highest BCUT2D eigenvalue weighted by Crippen LogP contribution is 2.43. The van der Waals surface area contributed by atoms with Crippen molar-refractivity contribution in [1.82, 2.24) is 0 Å². The molecule has 0 bridgehead atoms. The Bertz CT molecular complexity index is 1000. The third-order valence-electron chi connectivity index (χ3n) is 8.48. The number of phosphoric acid groups is 1. The van der Waals surface area contributed by atoms with Crippen LogP contribution in [0.25, 0.3) is 0 Å². The Hall–Kier alpha value is -1.03. The van der Waals surface area contributed by atoms with Crippen molar-refractivity contribution in [2.75, 3.05) is 26.3 Å². The summed E-state index contributed by atoms with van der Waals surface area (Å²) in [5, 5.41) is 19.2. The second kappa shape index (κ2) is 35.4. The van der Waals surface area contributed by atoms with Crippen LogP contribution in [-0.4, -0.2) is 65.6 Å². The Labute approximate surface area is 306 Å². The average Bonchev–Trinajstić information content (AvgIpc) is 3.09. The summed E-state index contributed by atoms with van der Waals surface area (Å²) in [6.07, 6.45) is 24.5. The van der Waals surface area contributed by atoms with Crippen LogP contribution in [0.2, 0.25) is 0 Å². The molecule has 292 valence electrons. The van der Waals surface area contributed by atoms with Crippen LogP contribution in [-0.2, 0) is 32.7 Å². The maximum Gasteiger partial charge on any atom is 0.472 e. The minimum Gasteiger partial charge on any atom is -0.462 e. The molecule has 3 N–H and O–H groups in total. The standard InChI is InChI=1S/C38H75O10P/c1-3-5-7-9-11-13-15-17-19-21-23-25-27-29-37(41)45-33-36(34-47-49(43,44)46-32-35(40)31-39)48-38(42)30-28-26-24-22-20-18-16-14-12-10-8-6-4-2/h35-36,39-40H,3-34H2,1-2H3,(H,43,44)/i31D2,32D2,35D. The predicted molar refractivity (Wildman–Crippen MR) is 196 cm³/mol. The van der Waals surface area contributed by atoms with Gasteiger partial charge in [0.15, 0.2) is 6.10 Å². The number of unbranched alkanes of at least 4 members (excludes halogenated alkanes) is 24. The first-order valence-corrected chi connectivity index (χ1v) is 21.0. The number of aliphatic hydroxyl groups is 2. The zero-order chi connectivity index (χ0) is 40.8. The molecule has 0 saturated carbocycles. The highest BCUT2D eigenvalue weighted by molar-refractivity contribution is 7.47. The molecule has 0 aliphatic rings. The number of hydrogen-bond acceptors (Lipinski definition) is 9. The Morgan fingerprint density at radius 3 is 1.37 bits per heavy atom. The van der Waals surface area contributed by atoms with Crippen molar-refractivity contribution in [3.8, 4) is 0 Å². The molecule has 0 heterocycles. The fourth-order valence-electron chi connectivity index (χ4n) is 5.52. The number of esters is 2. The fourth-order valence-corrected chi connectivity index (χ4v) is 6.13. The summed E-state index contributed by atoms with van der Waals surface area (Å²) < 4.78 is 68.8. The minimum absolute atomic E-state index is 0.0501. The molecule has 0 aromatic heterocycles. The summed E-state index contributed by atoms with van der Waals surface area (Å²) in [5.41, 5.74) is 0. The van der Waals surface area contributed by atoms with E-state index in [1.54, 1.807) is 0 Å². The predicted octanol–water partition coefficient (Wildman–Crippen LogP) is 9.89. The molecule has 10 nitrogen and oxygen atoms in total. The maximum absolute atomic E-state index is 12.6. The number of rotatable bonds is 38. The van der Waals surface area contributed by atoms with Crippen LogP contribution in [0.4, 0.5) is 0 Å². The number of carbonyl (C=O) groups excluding carboxylic acids is 2. The van der Waals surface area contributed by atoms with Crippen molar-refractivity contribution in [3.05, 3.63) is 0 Å². The second-order valence-electron chi connectivity index (χ2n) is 13.2. The van der Waals surface area contributed by atoms with Crippen molar-refractivity contribution in [1.29, 1.82) is 0 Å². The van der Waals surface area contributed by atoms with Crippen LogP contribution >= 0.6 is 7.82 Å². The first-order chi connectivity index (χ1) is 25.5. The first-order valence-electron chi connectivity index (χ1n) is 22.0. The fraction of sp³-hybridized carbons (Fsp3) is 0.947. The number of carbonyl (C=O) groups is 2. The zero-order valence-corrected chi connectivity index (χ0v) is 31.8. The quantitative estimate of drug-likeness (QED) is 0.0319. The van der Waals surface area contributed by atoms with E-state index >= 15 is 0 Å². The van der Waals surface area contributed by atoms with Crippen LogP contribution in [0.15, 0.2) is 0 Å². The van der Waals surface area contributed by atoms with E-state index in [0.29, 0.717) is 12.8 Å². The number of hydrogen-bond donors (Lipinski definition) is 3. The lowest BCUT2D eigenvalue weighted by Crippen LogP contribution is -2.29. The molecule has 0 aromatic carbocycles. The maximum atomic E-state index is 12.6. The smallest absolute Gasteiger partial charge is 0.462 e. The molecule has 0 spiro atoms. The molecule has 3 unspecified atom stereocenters. The highest BCUT2D eigenvalue weighted by Gasteiger charge is 2.27. The molecule has 0 aliphatic carbocycles. The Balaban J connectivity index is 4.74. The van der Waals surface area contributed by atoms with Gasteiger partial charge in [-0.2, -0.15) is 0 Å². The van der Waals surface area contributed by atoms with Gasteiger partial charge < -0.3 is 24.6 Å². The van der Waals surface area contributed by atoms with Crippen LogP contribution < -0.4 is 0 Å². The van der Waals surface area contributed by atoms with E-state index in [1.807, 2.05) is 0 Å². The van der Waals surface area contributed by atoms with E-state index in [0.717, 1.165) is 44.9 Å². The minimum atomic E-state index is -5.48. The van der Waals surface area contributed by atoms with Crippen LogP contribution in [0, 0.1) is 0 Å². The van der Waals surface area contributed by atoms with E-state index in [2.05, 4.69) is 18.4 Å². The number of phosphoric ester groups is 1. The average molecular weight is 728 g/mol. The second-order valence-corrected chi connectivity index (χ2v) is 14.6. The lowest BCUT2D eigenvalue weighted by Gasteiger charge is -2.20. The van der Waals surface area contributed by atoms with Crippen molar-refractivity contribution in [3.63, 3.8) is 0 Å². The monoisotopic (exact) mass is 728 g/mol. The lowest BCUT2D eigenvalue weighted by atomic mass is 10.0. The Kier molecular flexibility index (Phi) is 28.3. The largest absolute Gasteiger partial charge is 0.472 e. The van der Waals surface area contributed by atoms with Gasteiger partial charge in [0, 0.05) is 12.8 Å². The normalized spacial score (nSPS) is 16.7. The summed E-state index contributed by atoms with van der Waals surface area (Å²) in [4.78, 5) is 35.2. The molecule has 0 saturated heterocycles. The summed E-state index contributed by atoms with van der Waals surface area (Å²) in [5.74, 6) is -1.21. The summed E-state index contributed by atoms with van der Waals surface area (Å²) in [6, 6.07) is 0. The van der Waals surface area contributed by atoms with Crippen LogP contribution in [0.3, 0.4) is 0 Å². The van der Waals surface area contributed by atoms with Gasteiger partial charge in [-0.1, -0.05) is 168 Å². The third-order valence-corrected chi connectivity index (χ3v) is 9.28. The Morgan fingerprint density at radius 1 is 0.612 bits per heavy atom. The molecule has 0 amide bonds. The summed E-state index contributed by atoms with van der Waals surface area (Å²) in [6.45, 7) is -4.78. The van der Waals surface area contributed by atoms with Gasteiger partial charge in [0.05, 0.1) is 26.6 Å². The van der Waals surface area contributed by atoms with Crippen molar-refractivity contribution in [2.24, 2.45) is 0 Å². The molecule has 0 radical (unpaired) electrons. The number of ether oxygens (including phenoxy) is 2. The molecular formula is C38H75O10P. The van der Waals surface area contributed by atoms with E-state index in [9.17, 15) is 29.3 Å². The van der Waals surface area contributed by atoms with Gasteiger partial charge in [-0.25, -0.2) is 4.57 Å². The molecule has 3 atom stereocenters. The van der Waals surface area contributed by atoms with Gasteiger partial charge in [0.25, 0.3) is 0 Å². The van der Waals surface area contributed by atoms with Gasteiger partial charge >= 0.3 is 19.8 Å². The molecule has 0 aliphatic heterocycles. The van der Waals surface area contributed by atoms with Gasteiger partial charge in [-0.05, 0) is 12.8 Å². The van der Waals surface area contributed by atoms with E-state index in [-0.39, 0.29) is 12.8 Å². The van der Waals surface area contributed by atoms with Gasteiger partial charge in [0.2, 0.25) is 0 Å².